The van der Waals surface area contributed by atoms with Crippen LogP contribution in [-0.4, -0.2) is 37.7 Å². The molecule has 1 N–H and O–H groups in total. The van der Waals surface area contributed by atoms with Crippen LogP contribution in [0.5, 0.6) is 11.5 Å². The van der Waals surface area contributed by atoms with E-state index in [-0.39, 0.29) is 18.2 Å². The Labute approximate surface area is 143 Å². The molecule has 130 valence electrons. The fourth-order valence-electron chi connectivity index (χ4n) is 2.27. The van der Waals surface area contributed by atoms with Crippen LogP contribution in [0.2, 0.25) is 0 Å². The van der Waals surface area contributed by atoms with Gasteiger partial charge in [-0.3, -0.25) is 4.79 Å². The van der Waals surface area contributed by atoms with Crippen molar-refractivity contribution >= 4 is 11.9 Å². The second-order valence-corrected chi connectivity index (χ2v) is 5.39. The molecule has 2 aromatic rings. The van der Waals surface area contributed by atoms with Crippen molar-refractivity contribution in [3.8, 4) is 11.5 Å². The summed E-state index contributed by atoms with van der Waals surface area (Å²) in [5, 5.41) is 2.61. The number of carbonyl (C=O) groups excluding carboxylic acids is 2. The lowest BCUT2D eigenvalue weighted by Gasteiger charge is -2.26. The smallest absolute Gasteiger partial charge is 0.338 e. The highest BCUT2D eigenvalue weighted by Crippen LogP contribution is 2.30. The maximum Gasteiger partial charge on any atom is 0.338 e. The Morgan fingerprint density at radius 2 is 1.96 bits per heavy atom. The van der Waals surface area contributed by atoms with Crippen LogP contribution in [0.4, 0.5) is 4.39 Å². The van der Waals surface area contributed by atoms with Gasteiger partial charge in [-0.1, -0.05) is 18.2 Å². The van der Waals surface area contributed by atoms with Crippen molar-refractivity contribution in [2.24, 2.45) is 0 Å². The van der Waals surface area contributed by atoms with Crippen molar-refractivity contribution in [2.75, 3.05) is 19.8 Å². The van der Waals surface area contributed by atoms with Gasteiger partial charge in [-0.05, 0) is 30.3 Å². The van der Waals surface area contributed by atoms with E-state index in [2.05, 4.69) is 5.32 Å². The zero-order valence-corrected chi connectivity index (χ0v) is 13.2. The summed E-state index contributed by atoms with van der Waals surface area (Å²) in [6.45, 7) is 0.0601. The maximum atomic E-state index is 13.0. The number of ether oxygens (including phenoxy) is 3. The molecule has 6 nitrogen and oxygen atoms in total. The molecule has 1 atom stereocenters. The van der Waals surface area contributed by atoms with Gasteiger partial charge in [-0.15, -0.1) is 0 Å². The minimum atomic E-state index is -0.763. The summed E-state index contributed by atoms with van der Waals surface area (Å²) in [4.78, 5) is 23.5. The predicted octanol–water partition coefficient (Wildman–Crippen LogP) is 1.94. The number of benzene rings is 2. The molecule has 0 fully saturated rings. The molecule has 1 aliphatic heterocycles. The van der Waals surface area contributed by atoms with Gasteiger partial charge >= 0.3 is 5.97 Å². The molecule has 0 spiro atoms. The third-order valence-electron chi connectivity index (χ3n) is 3.49. The minimum absolute atomic E-state index is 0.0495. The Hall–Kier alpha value is -3.09. The molecule has 0 aliphatic carbocycles. The number of esters is 1. The molecule has 0 bridgehead atoms. The van der Waals surface area contributed by atoms with Crippen LogP contribution < -0.4 is 14.8 Å². The zero-order valence-electron chi connectivity index (χ0n) is 13.2. The molecule has 7 heteroatoms. The molecule has 0 saturated heterocycles. The first-order valence-corrected chi connectivity index (χ1v) is 7.69. The number of amides is 1. The van der Waals surface area contributed by atoms with Crippen LogP contribution in [0.15, 0.2) is 48.5 Å². The number of fused-ring (bicyclic) bond motifs is 1. The van der Waals surface area contributed by atoms with E-state index in [9.17, 15) is 14.0 Å². The number of hydrogen-bond donors (Lipinski definition) is 1. The van der Waals surface area contributed by atoms with Gasteiger partial charge in [-0.2, -0.15) is 0 Å². The van der Waals surface area contributed by atoms with Crippen molar-refractivity contribution in [3.05, 3.63) is 59.9 Å². The van der Waals surface area contributed by atoms with E-state index in [0.717, 1.165) is 6.07 Å². The topological polar surface area (TPSA) is 73.9 Å². The van der Waals surface area contributed by atoms with Gasteiger partial charge < -0.3 is 19.5 Å². The first-order valence-electron chi connectivity index (χ1n) is 7.69. The Kier molecular flexibility index (Phi) is 5.13. The second kappa shape index (κ2) is 7.65. The van der Waals surface area contributed by atoms with Gasteiger partial charge in [0.15, 0.2) is 18.1 Å². The Morgan fingerprint density at radius 3 is 2.76 bits per heavy atom. The average molecular weight is 345 g/mol. The monoisotopic (exact) mass is 345 g/mol. The Balaban J connectivity index is 1.42. The summed E-state index contributed by atoms with van der Waals surface area (Å²) in [7, 11) is 0. The van der Waals surface area contributed by atoms with E-state index in [1.54, 1.807) is 12.1 Å². The van der Waals surface area contributed by atoms with E-state index in [1.807, 2.05) is 12.1 Å². The molecule has 3 rings (SSSR count). The standard InChI is InChI=1S/C18H16FNO5/c19-13-5-3-4-12(8-13)18(22)24-11-17(21)20-9-14-10-23-15-6-1-2-7-16(15)25-14/h1-8,14H,9-11H2,(H,20,21)/t14-/m0/s1. The van der Waals surface area contributed by atoms with Crippen LogP contribution in [0, 0.1) is 5.82 Å². The Morgan fingerprint density at radius 1 is 1.16 bits per heavy atom. The van der Waals surface area contributed by atoms with Gasteiger partial charge in [-0.25, -0.2) is 9.18 Å². The van der Waals surface area contributed by atoms with Gasteiger partial charge in [0.2, 0.25) is 0 Å². The lowest BCUT2D eigenvalue weighted by atomic mass is 10.2. The molecule has 1 heterocycles. The highest BCUT2D eigenvalue weighted by Gasteiger charge is 2.21. The van der Waals surface area contributed by atoms with Gasteiger partial charge in [0.25, 0.3) is 5.91 Å². The van der Waals surface area contributed by atoms with E-state index >= 15 is 0 Å². The molecule has 25 heavy (non-hydrogen) atoms. The first-order chi connectivity index (χ1) is 12.1. The largest absolute Gasteiger partial charge is 0.486 e. The molecule has 2 aromatic carbocycles. The number of nitrogens with one attached hydrogen (secondary N) is 1. The summed E-state index contributed by atoms with van der Waals surface area (Å²) >= 11 is 0. The molecule has 0 aromatic heterocycles. The summed E-state index contributed by atoms with van der Waals surface area (Å²) in [6, 6.07) is 12.3. The average Bonchev–Trinajstić information content (AvgIpc) is 2.64. The SMILES string of the molecule is O=C(COC(=O)c1cccc(F)c1)NC[C@H]1COc2ccccc2O1. The lowest BCUT2D eigenvalue weighted by molar-refractivity contribution is -0.124. The van der Waals surface area contributed by atoms with Crippen molar-refractivity contribution < 1.29 is 28.2 Å². The van der Waals surface area contributed by atoms with Crippen LogP contribution in [0.3, 0.4) is 0 Å². The summed E-state index contributed by atoms with van der Waals surface area (Å²) in [5.74, 6) is -0.513. The molecule has 1 aliphatic rings. The first kappa shape index (κ1) is 16.8. The van der Waals surface area contributed by atoms with Gasteiger partial charge in [0.1, 0.15) is 18.5 Å². The summed E-state index contributed by atoms with van der Waals surface area (Å²) in [6.07, 6.45) is -0.335. The third-order valence-corrected chi connectivity index (χ3v) is 3.49. The van der Waals surface area contributed by atoms with Gasteiger partial charge in [0.05, 0.1) is 12.1 Å². The number of para-hydroxylation sites is 2. The molecular formula is C18H16FNO5. The Bertz CT molecular complexity index is 780. The summed E-state index contributed by atoms with van der Waals surface area (Å²) < 4.78 is 29.1. The maximum absolute atomic E-state index is 13.0. The lowest BCUT2D eigenvalue weighted by Crippen LogP contribution is -2.42. The normalized spacial score (nSPS) is 15.3. The van der Waals surface area contributed by atoms with Crippen LogP contribution in [0.25, 0.3) is 0 Å². The second-order valence-electron chi connectivity index (χ2n) is 5.39. The quantitative estimate of drug-likeness (QED) is 0.839. The number of rotatable bonds is 5. The van der Waals surface area contributed by atoms with E-state index < -0.39 is 24.3 Å². The minimum Gasteiger partial charge on any atom is -0.486 e. The molecule has 0 radical (unpaired) electrons. The van der Waals surface area contributed by atoms with E-state index in [0.29, 0.717) is 18.1 Å². The van der Waals surface area contributed by atoms with E-state index in [1.165, 1.54) is 18.2 Å². The third kappa shape index (κ3) is 4.47. The highest BCUT2D eigenvalue weighted by molar-refractivity contribution is 5.91. The van der Waals surface area contributed by atoms with Crippen LogP contribution in [0.1, 0.15) is 10.4 Å². The number of hydrogen-bond acceptors (Lipinski definition) is 5. The van der Waals surface area contributed by atoms with Crippen molar-refractivity contribution in [3.63, 3.8) is 0 Å². The van der Waals surface area contributed by atoms with Crippen molar-refractivity contribution in [2.45, 2.75) is 6.10 Å². The van der Waals surface area contributed by atoms with Crippen molar-refractivity contribution in [1.82, 2.24) is 5.32 Å². The summed E-state index contributed by atoms with van der Waals surface area (Å²) in [5.41, 5.74) is 0.0495. The number of halogens is 1. The predicted molar refractivity (Wildman–Crippen MR) is 86.0 cm³/mol. The fourth-order valence-corrected chi connectivity index (χ4v) is 2.27. The zero-order chi connectivity index (χ0) is 17.6. The molecule has 0 unspecified atom stereocenters. The molecular weight excluding hydrogens is 329 g/mol. The van der Waals surface area contributed by atoms with Crippen molar-refractivity contribution in [1.29, 1.82) is 0 Å². The van der Waals surface area contributed by atoms with Gasteiger partial charge in [0, 0.05) is 0 Å². The van der Waals surface area contributed by atoms with Crippen LogP contribution >= 0.6 is 0 Å². The molecule has 0 saturated carbocycles. The number of carbonyl (C=O) groups is 2. The van der Waals surface area contributed by atoms with E-state index in [4.69, 9.17) is 14.2 Å². The fraction of sp³-hybridized carbons (Fsp3) is 0.222. The molecule has 1 amide bonds. The highest BCUT2D eigenvalue weighted by atomic mass is 19.1. The van der Waals surface area contributed by atoms with Crippen LogP contribution in [-0.2, 0) is 9.53 Å².